The monoisotopic (exact) mass is 242 g/mol. The molecule has 0 bridgehead atoms. The molecule has 1 aliphatic heterocycles. The third kappa shape index (κ3) is 4.64. The molecule has 1 aliphatic rings. The van der Waals surface area contributed by atoms with Crippen LogP contribution in [0.15, 0.2) is 0 Å². The number of amides is 1. The fourth-order valence-electron chi connectivity index (χ4n) is 2.40. The van der Waals surface area contributed by atoms with Crippen molar-refractivity contribution in [1.82, 2.24) is 9.80 Å². The van der Waals surface area contributed by atoms with Gasteiger partial charge in [0.05, 0.1) is 12.6 Å². The van der Waals surface area contributed by atoms with Gasteiger partial charge in [0.15, 0.2) is 0 Å². The molecular formula is C13H26N2O2. The van der Waals surface area contributed by atoms with Crippen molar-refractivity contribution in [2.24, 2.45) is 0 Å². The van der Waals surface area contributed by atoms with Crippen molar-refractivity contribution >= 4 is 5.91 Å². The average Bonchev–Trinajstić information content (AvgIpc) is 2.29. The standard InChI is InChI=1S/C13H26N2O2/c1-4-14(3)13(17)10-15-8-6-5-7-12(15)9-11(2)16/h11-12,16H,4-10H2,1-3H3. The van der Waals surface area contributed by atoms with Gasteiger partial charge >= 0.3 is 0 Å². The highest BCUT2D eigenvalue weighted by molar-refractivity contribution is 5.77. The molecule has 1 fully saturated rings. The highest BCUT2D eigenvalue weighted by atomic mass is 16.3. The number of piperidine rings is 1. The Hall–Kier alpha value is -0.610. The number of rotatable bonds is 5. The van der Waals surface area contributed by atoms with Crippen molar-refractivity contribution in [1.29, 1.82) is 0 Å². The number of hydrogen-bond donors (Lipinski definition) is 1. The van der Waals surface area contributed by atoms with Crippen LogP contribution < -0.4 is 0 Å². The Morgan fingerprint density at radius 1 is 1.53 bits per heavy atom. The molecular weight excluding hydrogens is 216 g/mol. The Labute approximate surface area is 105 Å². The highest BCUT2D eigenvalue weighted by Crippen LogP contribution is 2.20. The van der Waals surface area contributed by atoms with E-state index < -0.39 is 0 Å². The van der Waals surface area contributed by atoms with Crippen LogP contribution >= 0.6 is 0 Å². The van der Waals surface area contributed by atoms with Crippen molar-refractivity contribution < 1.29 is 9.90 Å². The third-order valence-corrected chi connectivity index (χ3v) is 3.60. The summed E-state index contributed by atoms with van der Waals surface area (Å²) in [5.74, 6) is 0.185. The maximum atomic E-state index is 11.9. The van der Waals surface area contributed by atoms with E-state index >= 15 is 0 Å². The molecule has 2 unspecified atom stereocenters. The minimum atomic E-state index is -0.278. The summed E-state index contributed by atoms with van der Waals surface area (Å²) < 4.78 is 0. The molecule has 100 valence electrons. The zero-order chi connectivity index (χ0) is 12.8. The molecule has 0 aromatic rings. The van der Waals surface area contributed by atoms with Crippen LogP contribution in [0.5, 0.6) is 0 Å². The molecule has 4 nitrogen and oxygen atoms in total. The van der Waals surface area contributed by atoms with Crippen LogP contribution in [0.2, 0.25) is 0 Å². The second kappa shape index (κ2) is 6.97. The van der Waals surface area contributed by atoms with Gasteiger partial charge in [-0.2, -0.15) is 0 Å². The number of aliphatic hydroxyl groups excluding tert-OH is 1. The highest BCUT2D eigenvalue weighted by Gasteiger charge is 2.25. The molecule has 1 saturated heterocycles. The van der Waals surface area contributed by atoms with Gasteiger partial charge in [-0.3, -0.25) is 9.69 Å². The van der Waals surface area contributed by atoms with Crippen LogP contribution in [0, 0.1) is 0 Å². The van der Waals surface area contributed by atoms with Crippen LogP contribution in [0.25, 0.3) is 0 Å². The predicted molar refractivity (Wildman–Crippen MR) is 68.8 cm³/mol. The summed E-state index contributed by atoms with van der Waals surface area (Å²) in [6, 6.07) is 0.373. The molecule has 1 N–H and O–H groups in total. The van der Waals surface area contributed by atoms with E-state index in [0.29, 0.717) is 12.6 Å². The molecule has 0 aromatic carbocycles. The fraction of sp³-hybridized carbons (Fsp3) is 0.923. The number of likely N-dealkylation sites (tertiary alicyclic amines) is 1. The quantitative estimate of drug-likeness (QED) is 0.785. The van der Waals surface area contributed by atoms with Gasteiger partial charge in [0, 0.05) is 19.6 Å². The summed E-state index contributed by atoms with van der Waals surface area (Å²) in [6.45, 7) is 6.06. The molecule has 0 aromatic heterocycles. The summed E-state index contributed by atoms with van der Waals surface area (Å²) in [7, 11) is 1.84. The third-order valence-electron chi connectivity index (χ3n) is 3.60. The first-order valence-corrected chi connectivity index (χ1v) is 6.70. The molecule has 0 aliphatic carbocycles. The number of likely N-dealkylation sites (N-methyl/N-ethyl adjacent to an activating group) is 1. The summed E-state index contributed by atoms with van der Waals surface area (Å²) in [6.07, 6.45) is 3.99. The number of carbonyl (C=O) groups excluding carboxylic acids is 1. The maximum absolute atomic E-state index is 11.9. The first-order valence-electron chi connectivity index (χ1n) is 6.70. The lowest BCUT2D eigenvalue weighted by Crippen LogP contribution is -2.46. The van der Waals surface area contributed by atoms with Crippen molar-refractivity contribution in [2.45, 2.75) is 51.7 Å². The molecule has 4 heteroatoms. The molecule has 0 spiro atoms. The number of nitrogens with zero attached hydrogens (tertiary/aromatic N) is 2. The van der Waals surface area contributed by atoms with Gasteiger partial charge in [0.25, 0.3) is 0 Å². The van der Waals surface area contributed by atoms with E-state index in [2.05, 4.69) is 4.90 Å². The first kappa shape index (κ1) is 14.5. The summed E-state index contributed by atoms with van der Waals surface area (Å²) in [5, 5.41) is 9.49. The van der Waals surface area contributed by atoms with Gasteiger partial charge in [-0.15, -0.1) is 0 Å². The average molecular weight is 242 g/mol. The second-order valence-corrected chi connectivity index (χ2v) is 5.11. The minimum absolute atomic E-state index is 0.185. The van der Waals surface area contributed by atoms with Crippen molar-refractivity contribution in [3.8, 4) is 0 Å². The van der Waals surface area contributed by atoms with Crippen molar-refractivity contribution in [2.75, 3.05) is 26.7 Å². The van der Waals surface area contributed by atoms with Gasteiger partial charge in [-0.1, -0.05) is 6.42 Å². The number of aliphatic hydroxyl groups is 1. The summed E-state index contributed by atoms with van der Waals surface area (Å²) >= 11 is 0. The summed E-state index contributed by atoms with van der Waals surface area (Å²) in [4.78, 5) is 15.9. The minimum Gasteiger partial charge on any atom is -0.393 e. The van der Waals surface area contributed by atoms with Crippen LogP contribution in [-0.2, 0) is 4.79 Å². The molecule has 0 saturated carbocycles. The largest absolute Gasteiger partial charge is 0.393 e. The van der Waals surface area contributed by atoms with Crippen LogP contribution in [0.4, 0.5) is 0 Å². The Bertz CT molecular complexity index is 244. The van der Waals surface area contributed by atoms with Crippen molar-refractivity contribution in [3.63, 3.8) is 0 Å². The zero-order valence-electron chi connectivity index (χ0n) is 11.4. The molecule has 1 heterocycles. The maximum Gasteiger partial charge on any atom is 0.236 e. The SMILES string of the molecule is CCN(C)C(=O)CN1CCCCC1CC(C)O. The zero-order valence-corrected chi connectivity index (χ0v) is 11.4. The molecule has 0 radical (unpaired) electrons. The predicted octanol–water partition coefficient (Wildman–Crippen LogP) is 1.09. The topological polar surface area (TPSA) is 43.8 Å². The van der Waals surface area contributed by atoms with E-state index in [0.717, 1.165) is 25.9 Å². The summed E-state index contributed by atoms with van der Waals surface area (Å²) in [5.41, 5.74) is 0. The lowest BCUT2D eigenvalue weighted by molar-refractivity contribution is -0.132. The van der Waals surface area contributed by atoms with E-state index in [1.807, 2.05) is 20.9 Å². The van der Waals surface area contributed by atoms with Crippen LogP contribution in [-0.4, -0.2) is 59.6 Å². The van der Waals surface area contributed by atoms with E-state index in [-0.39, 0.29) is 12.0 Å². The smallest absolute Gasteiger partial charge is 0.236 e. The number of carbonyl (C=O) groups is 1. The van der Waals surface area contributed by atoms with Crippen molar-refractivity contribution in [3.05, 3.63) is 0 Å². The van der Waals surface area contributed by atoms with E-state index in [1.165, 1.54) is 12.8 Å². The van der Waals surface area contributed by atoms with Gasteiger partial charge < -0.3 is 10.0 Å². The van der Waals surface area contributed by atoms with E-state index in [4.69, 9.17) is 0 Å². The first-order chi connectivity index (χ1) is 8.04. The molecule has 1 rings (SSSR count). The Kier molecular flexibility index (Phi) is 5.92. The van der Waals surface area contributed by atoms with E-state index in [1.54, 1.807) is 4.90 Å². The van der Waals surface area contributed by atoms with Crippen LogP contribution in [0.1, 0.15) is 39.5 Å². The Morgan fingerprint density at radius 3 is 2.82 bits per heavy atom. The number of hydrogen-bond acceptors (Lipinski definition) is 3. The van der Waals surface area contributed by atoms with E-state index in [9.17, 15) is 9.90 Å². The lowest BCUT2D eigenvalue weighted by atomic mass is 9.97. The second-order valence-electron chi connectivity index (χ2n) is 5.11. The van der Waals surface area contributed by atoms with Gasteiger partial charge in [-0.25, -0.2) is 0 Å². The lowest BCUT2D eigenvalue weighted by Gasteiger charge is -2.36. The van der Waals surface area contributed by atoms with Gasteiger partial charge in [0.2, 0.25) is 5.91 Å². The van der Waals surface area contributed by atoms with Gasteiger partial charge in [-0.05, 0) is 39.7 Å². The Morgan fingerprint density at radius 2 is 2.24 bits per heavy atom. The molecule has 2 atom stereocenters. The normalized spacial score (nSPS) is 23.4. The fourth-order valence-corrected chi connectivity index (χ4v) is 2.40. The van der Waals surface area contributed by atoms with Gasteiger partial charge in [0.1, 0.15) is 0 Å². The Balaban J connectivity index is 2.50. The molecule has 1 amide bonds. The van der Waals surface area contributed by atoms with Crippen LogP contribution in [0.3, 0.4) is 0 Å². The molecule has 17 heavy (non-hydrogen) atoms.